The van der Waals surface area contributed by atoms with Gasteiger partial charge in [0.2, 0.25) is 0 Å². The minimum atomic E-state index is 0.350. The average Bonchev–Trinajstić information content (AvgIpc) is 2.27. The molecule has 1 N–H and O–H groups in total. The summed E-state index contributed by atoms with van der Waals surface area (Å²) in [6.45, 7) is 8.49. The van der Waals surface area contributed by atoms with Gasteiger partial charge in [0.25, 0.3) is 0 Å². The first-order chi connectivity index (χ1) is 7.35. The third-order valence-corrected chi connectivity index (χ3v) is 2.91. The minimum absolute atomic E-state index is 0.350. The molecular formula is C13H29NO. The maximum Gasteiger partial charge on any atom is 0.0431 e. The number of hydrogen-bond acceptors (Lipinski definition) is 2. The maximum atomic E-state index is 8.68. The molecule has 0 amide bonds. The molecule has 2 heteroatoms. The SMILES string of the molecule is CCCCCCN(CC)CCCCCO. The molecule has 15 heavy (non-hydrogen) atoms. The van der Waals surface area contributed by atoms with Crippen molar-refractivity contribution >= 4 is 0 Å². The van der Waals surface area contributed by atoms with E-state index in [2.05, 4.69) is 18.7 Å². The first-order valence-corrected chi connectivity index (χ1v) is 6.68. The van der Waals surface area contributed by atoms with E-state index in [0.29, 0.717) is 6.61 Å². The summed E-state index contributed by atoms with van der Waals surface area (Å²) in [5.41, 5.74) is 0. The Morgan fingerprint density at radius 3 is 1.87 bits per heavy atom. The van der Waals surface area contributed by atoms with Gasteiger partial charge >= 0.3 is 0 Å². The monoisotopic (exact) mass is 215 g/mol. The second kappa shape index (κ2) is 12.0. The van der Waals surface area contributed by atoms with Crippen molar-refractivity contribution in [3.63, 3.8) is 0 Å². The molecule has 0 saturated carbocycles. The molecule has 0 aliphatic carbocycles. The van der Waals surface area contributed by atoms with E-state index in [9.17, 15) is 0 Å². The van der Waals surface area contributed by atoms with E-state index in [4.69, 9.17) is 5.11 Å². The van der Waals surface area contributed by atoms with Crippen molar-refractivity contribution in [2.45, 2.75) is 58.8 Å². The van der Waals surface area contributed by atoms with Gasteiger partial charge in [-0.25, -0.2) is 0 Å². The van der Waals surface area contributed by atoms with Gasteiger partial charge in [-0.15, -0.1) is 0 Å². The second-order valence-corrected chi connectivity index (χ2v) is 4.28. The Morgan fingerprint density at radius 2 is 1.40 bits per heavy atom. The van der Waals surface area contributed by atoms with Crippen LogP contribution in [0.1, 0.15) is 58.8 Å². The maximum absolute atomic E-state index is 8.68. The molecule has 92 valence electrons. The molecule has 0 aliphatic rings. The molecular weight excluding hydrogens is 186 g/mol. The van der Waals surface area contributed by atoms with Crippen LogP contribution in [0.2, 0.25) is 0 Å². The fourth-order valence-electron chi connectivity index (χ4n) is 1.81. The Bertz CT molecular complexity index is 105. The highest BCUT2D eigenvalue weighted by molar-refractivity contribution is 4.56. The molecule has 0 fully saturated rings. The molecule has 0 rings (SSSR count). The lowest BCUT2D eigenvalue weighted by Crippen LogP contribution is -2.25. The largest absolute Gasteiger partial charge is 0.396 e. The van der Waals surface area contributed by atoms with Gasteiger partial charge in [-0.1, -0.05) is 33.1 Å². The molecule has 0 heterocycles. The summed E-state index contributed by atoms with van der Waals surface area (Å²) < 4.78 is 0. The number of unbranched alkanes of at least 4 members (excludes halogenated alkanes) is 5. The number of rotatable bonds is 11. The van der Waals surface area contributed by atoms with E-state index in [0.717, 1.165) is 6.42 Å². The molecule has 0 aromatic carbocycles. The van der Waals surface area contributed by atoms with Crippen LogP contribution in [0.3, 0.4) is 0 Å². The molecule has 0 bridgehead atoms. The highest BCUT2D eigenvalue weighted by atomic mass is 16.2. The zero-order valence-corrected chi connectivity index (χ0v) is 10.7. The van der Waals surface area contributed by atoms with E-state index in [1.807, 2.05) is 0 Å². The van der Waals surface area contributed by atoms with Crippen LogP contribution in [0.25, 0.3) is 0 Å². The summed E-state index contributed by atoms with van der Waals surface area (Å²) in [5.74, 6) is 0. The Morgan fingerprint density at radius 1 is 0.800 bits per heavy atom. The van der Waals surface area contributed by atoms with Gasteiger partial charge in [-0.05, 0) is 45.3 Å². The summed E-state index contributed by atoms with van der Waals surface area (Å²) in [7, 11) is 0. The van der Waals surface area contributed by atoms with Gasteiger partial charge in [0.1, 0.15) is 0 Å². The third kappa shape index (κ3) is 10.2. The van der Waals surface area contributed by atoms with Crippen LogP contribution in [0.5, 0.6) is 0 Å². The Balaban J connectivity index is 3.29. The van der Waals surface area contributed by atoms with Crippen molar-refractivity contribution in [2.24, 2.45) is 0 Å². The highest BCUT2D eigenvalue weighted by Crippen LogP contribution is 2.03. The van der Waals surface area contributed by atoms with Crippen LogP contribution in [0.4, 0.5) is 0 Å². The van der Waals surface area contributed by atoms with Crippen molar-refractivity contribution in [1.82, 2.24) is 4.90 Å². The fourth-order valence-corrected chi connectivity index (χ4v) is 1.81. The molecule has 0 unspecified atom stereocenters. The zero-order valence-electron chi connectivity index (χ0n) is 10.7. The van der Waals surface area contributed by atoms with Crippen LogP contribution in [-0.2, 0) is 0 Å². The predicted molar refractivity (Wildman–Crippen MR) is 67.2 cm³/mol. The van der Waals surface area contributed by atoms with Crippen molar-refractivity contribution in [1.29, 1.82) is 0 Å². The first kappa shape index (κ1) is 14.9. The summed E-state index contributed by atoms with van der Waals surface area (Å²) in [6, 6.07) is 0. The summed E-state index contributed by atoms with van der Waals surface area (Å²) in [6.07, 6.45) is 8.80. The fraction of sp³-hybridized carbons (Fsp3) is 1.00. The molecule has 0 radical (unpaired) electrons. The zero-order chi connectivity index (χ0) is 11.4. The van der Waals surface area contributed by atoms with E-state index in [-0.39, 0.29) is 0 Å². The minimum Gasteiger partial charge on any atom is -0.396 e. The molecule has 0 atom stereocenters. The molecule has 0 spiro atoms. The van der Waals surface area contributed by atoms with E-state index in [1.54, 1.807) is 0 Å². The summed E-state index contributed by atoms with van der Waals surface area (Å²) in [4.78, 5) is 2.53. The van der Waals surface area contributed by atoms with Crippen LogP contribution in [0.15, 0.2) is 0 Å². The van der Waals surface area contributed by atoms with Gasteiger partial charge < -0.3 is 10.0 Å². The average molecular weight is 215 g/mol. The van der Waals surface area contributed by atoms with Crippen molar-refractivity contribution in [2.75, 3.05) is 26.2 Å². The Labute approximate surface area is 95.7 Å². The highest BCUT2D eigenvalue weighted by Gasteiger charge is 2.00. The Kier molecular flexibility index (Phi) is 11.9. The van der Waals surface area contributed by atoms with Crippen molar-refractivity contribution in [3.8, 4) is 0 Å². The topological polar surface area (TPSA) is 23.5 Å². The van der Waals surface area contributed by atoms with Gasteiger partial charge in [0.15, 0.2) is 0 Å². The van der Waals surface area contributed by atoms with Gasteiger partial charge in [0.05, 0.1) is 0 Å². The van der Waals surface area contributed by atoms with Crippen molar-refractivity contribution < 1.29 is 5.11 Å². The predicted octanol–water partition coefficient (Wildman–Crippen LogP) is 3.05. The first-order valence-electron chi connectivity index (χ1n) is 6.68. The summed E-state index contributed by atoms with van der Waals surface area (Å²) >= 11 is 0. The van der Waals surface area contributed by atoms with Crippen LogP contribution in [0, 0.1) is 0 Å². The van der Waals surface area contributed by atoms with Gasteiger partial charge in [0, 0.05) is 6.61 Å². The van der Waals surface area contributed by atoms with E-state index >= 15 is 0 Å². The molecule has 0 saturated heterocycles. The summed E-state index contributed by atoms with van der Waals surface area (Å²) in [5, 5.41) is 8.68. The number of aliphatic hydroxyl groups is 1. The lowest BCUT2D eigenvalue weighted by Gasteiger charge is -2.20. The standard InChI is InChI=1S/C13H29NO/c1-3-5-6-8-11-14(4-2)12-9-7-10-13-15/h15H,3-13H2,1-2H3. The third-order valence-electron chi connectivity index (χ3n) is 2.91. The number of aliphatic hydroxyl groups excluding tert-OH is 1. The lowest BCUT2D eigenvalue weighted by atomic mass is 10.2. The van der Waals surface area contributed by atoms with Gasteiger partial charge in [-0.2, -0.15) is 0 Å². The Hall–Kier alpha value is -0.0800. The van der Waals surface area contributed by atoms with Gasteiger partial charge in [-0.3, -0.25) is 0 Å². The second-order valence-electron chi connectivity index (χ2n) is 4.28. The lowest BCUT2D eigenvalue weighted by molar-refractivity contribution is 0.256. The van der Waals surface area contributed by atoms with Crippen LogP contribution >= 0.6 is 0 Å². The molecule has 2 nitrogen and oxygen atoms in total. The normalized spacial score (nSPS) is 11.2. The van der Waals surface area contributed by atoms with E-state index in [1.165, 1.54) is 58.2 Å². The molecule has 0 aromatic heterocycles. The van der Waals surface area contributed by atoms with Crippen LogP contribution < -0.4 is 0 Å². The van der Waals surface area contributed by atoms with E-state index < -0.39 is 0 Å². The van der Waals surface area contributed by atoms with Crippen LogP contribution in [-0.4, -0.2) is 36.2 Å². The molecule has 0 aromatic rings. The smallest absolute Gasteiger partial charge is 0.0431 e. The quantitative estimate of drug-likeness (QED) is 0.535. The molecule has 0 aliphatic heterocycles. The number of nitrogens with zero attached hydrogens (tertiary/aromatic N) is 1. The van der Waals surface area contributed by atoms with Crippen molar-refractivity contribution in [3.05, 3.63) is 0 Å². The number of hydrogen-bond donors (Lipinski definition) is 1.